The average molecular weight is 490 g/mol. The lowest BCUT2D eigenvalue weighted by atomic mass is 9.96. The van der Waals surface area contributed by atoms with Crippen LogP contribution in [0.15, 0.2) is 36.4 Å². The van der Waals surface area contributed by atoms with Gasteiger partial charge in [0.15, 0.2) is 0 Å². The van der Waals surface area contributed by atoms with Crippen molar-refractivity contribution in [3.63, 3.8) is 0 Å². The Morgan fingerprint density at radius 2 is 1.77 bits per heavy atom. The van der Waals surface area contributed by atoms with Crippen molar-refractivity contribution in [3.05, 3.63) is 68.4 Å². The highest BCUT2D eigenvalue weighted by Gasteiger charge is 2.26. The normalized spacial score (nSPS) is 17.1. The first-order valence-electron chi connectivity index (χ1n) is 9.89. The molecular formula is C22H24Cl3FN2OS. The molecule has 0 aliphatic carbocycles. The minimum atomic E-state index is -0.301. The van der Waals surface area contributed by atoms with E-state index < -0.39 is 0 Å². The van der Waals surface area contributed by atoms with E-state index >= 15 is 0 Å². The predicted molar refractivity (Wildman–Crippen MR) is 125 cm³/mol. The number of hydrogen-bond acceptors (Lipinski definition) is 3. The van der Waals surface area contributed by atoms with E-state index in [9.17, 15) is 9.18 Å². The van der Waals surface area contributed by atoms with E-state index in [-0.39, 0.29) is 17.6 Å². The van der Waals surface area contributed by atoms with Crippen molar-refractivity contribution in [1.82, 2.24) is 10.2 Å². The minimum Gasteiger partial charge on any atom is -0.355 e. The molecule has 8 heteroatoms. The largest absolute Gasteiger partial charge is 0.355 e. The van der Waals surface area contributed by atoms with Crippen molar-refractivity contribution in [1.29, 1.82) is 0 Å². The molecule has 3 rings (SSSR count). The number of thioether (sulfide) groups is 1. The second-order valence-corrected chi connectivity index (χ2v) is 9.65. The maximum absolute atomic E-state index is 14.1. The van der Waals surface area contributed by atoms with Gasteiger partial charge in [-0.2, -0.15) is 11.8 Å². The second kappa shape index (κ2) is 11.6. The summed E-state index contributed by atoms with van der Waals surface area (Å²) < 4.78 is 14.1. The Labute approximate surface area is 196 Å². The van der Waals surface area contributed by atoms with Gasteiger partial charge in [0.1, 0.15) is 5.82 Å². The number of amides is 1. The Morgan fingerprint density at radius 3 is 2.47 bits per heavy atom. The fraction of sp³-hybridized carbons (Fsp3) is 0.409. The van der Waals surface area contributed by atoms with E-state index in [2.05, 4.69) is 10.2 Å². The van der Waals surface area contributed by atoms with Gasteiger partial charge in [0.25, 0.3) is 0 Å². The molecule has 1 fully saturated rings. The summed E-state index contributed by atoms with van der Waals surface area (Å²) in [4.78, 5) is 14.7. The van der Waals surface area contributed by atoms with Crippen LogP contribution in [0.2, 0.25) is 15.1 Å². The molecule has 1 unspecified atom stereocenters. The predicted octanol–water partition coefficient (Wildman–Crippen LogP) is 6.05. The molecule has 162 valence electrons. The summed E-state index contributed by atoms with van der Waals surface area (Å²) >= 11 is 20.2. The van der Waals surface area contributed by atoms with Crippen molar-refractivity contribution in [2.45, 2.75) is 25.1 Å². The van der Waals surface area contributed by atoms with Crippen LogP contribution < -0.4 is 5.32 Å². The summed E-state index contributed by atoms with van der Waals surface area (Å²) in [6.07, 6.45) is 1.75. The summed E-state index contributed by atoms with van der Waals surface area (Å²) in [6.45, 7) is 2.45. The Hall–Kier alpha value is -0.980. The van der Waals surface area contributed by atoms with Crippen LogP contribution in [0.1, 0.15) is 24.0 Å². The fourth-order valence-corrected chi connectivity index (χ4v) is 5.37. The smallest absolute Gasteiger partial charge is 0.224 e. The molecule has 1 aliphatic heterocycles. The van der Waals surface area contributed by atoms with E-state index in [1.165, 1.54) is 6.07 Å². The third-order valence-corrected chi connectivity index (χ3v) is 7.22. The van der Waals surface area contributed by atoms with E-state index in [0.717, 1.165) is 30.7 Å². The number of likely N-dealkylation sites (tertiary alicyclic amines) is 1. The molecule has 0 aromatic heterocycles. The molecule has 1 N–H and O–H groups in total. The van der Waals surface area contributed by atoms with Gasteiger partial charge in [0, 0.05) is 51.8 Å². The molecule has 2 aromatic carbocycles. The van der Waals surface area contributed by atoms with Crippen LogP contribution in [-0.2, 0) is 17.1 Å². The highest BCUT2D eigenvalue weighted by Crippen LogP contribution is 2.28. The molecular weight excluding hydrogens is 466 g/mol. The van der Waals surface area contributed by atoms with Crippen LogP contribution in [0.4, 0.5) is 4.39 Å². The van der Waals surface area contributed by atoms with Gasteiger partial charge in [-0.25, -0.2) is 4.39 Å². The van der Waals surface area contributed by atoms with Crippen molar-refractivity contribution in [3.8, 4) is 0 Å². The summed E-state index contributed by atoms with van der Waals surface area (Å²) in [5, 5.41) is 4.78. The van der Waals surface area contributed by atoms with Crippen molar-refractivity contribution in [2.24, 2.45) is 5.92 Å². The number of piperidine rings is 1. The van der Waals surface area contributed by atoms with E-state index in [1.807, 2.05) is 18.2 Å². The molecule has 0 radical (unpaired) electrons. The highest BCUT2D eigenvalue weighted by atomic mass is 35.5. The number of hydrogen-bond donors (Lipinski definition) is 1. The van der Waals surface area contributed by atoms with E-state index in [0.29, 0.717) is 46.0 Å². The molecule has 0 spiro atoms. The highest BCUT2D eigenvalue weighted by molar-refractivity contribution is 7.98. The van der Waals surface area contributed by atoms with E-state index in [1.54, 1.807) is 23.9 Å². The molecule has 0 saturated carbocycles. The first kappa shape index (κ1) is 23.7. The third-order valence-electron chi connectivity index (χ3n) is 5.17. The third kappa shape index (κ3) is 6.51. The molecule has 1 amide bonds. The molecule has 30 heavy (non-hydrogen) atoms. The topological polar surface area (TPSA) is 32.3 Å². The van der Waals surface area contributed by atoms with Gasteiger partial charge >= 0.3 is 0 Å². The number of nitrogens with one attached hydrogen (secondary N) is 1. The van der Waals surface area contributed by atoms with Crippen LogP contribution >= 0.6 is 46.6 Å². The molecule has 1 aliphatic rings. The lowest BCUT2D eigenvalue weighted by Crippen LogP contribution is -2.43. The molecule has 2 aromatic rings. The maximum Gasteiger partial charge on any atom is 0.224 e. The zero-order valence-corrected chi connectivity index (χ0v) is 19.6. The Balaban J connectivity index is 1.42. The van der Waals surface area contributed by atoms with Crippen molar-refractivity contribution >= 4 is 52.5 Å². The van der Waals surface area contributed by atoms with Crippen LogP contribution in [0.5, 0.6) is 0 Å². The summed E-state index contributed by atoms with van der Waals surface area (Å²) in [6, 6.07) is 10.2. The van der Waals surface area contributed by atoms with Gasteiger partial charge in [-0.15, -0.1) is 0 Å². The van der Waals surface area contributed by atoms with Crippen LogP contribution in [0, 0.1) is 11.7 Å². The zero-order chi connectivity index (χ0) is 21.5. The zero-order valence-electron chi connectivity index (χ0n) is 16.5. The Morgan fingerprint density at radius 1 is 1.10 bits per heavy atom. The first-order valence-corrected chi connectivity index (χ1v) is 12.2. The molecule has 1 saturated heterocycles. The number of benzene rings is 2. The number of nitrogens with zero attached hydrogens (tertiary/aromatic N) is 1. The quantitative estimate of drug-likeness (QED) is 0.458. The number of halogens is 4. The van der Waals surface area contributed by atoms with Crippen molar-refractivity contribution in [2.75, 3.05) is 25.4 Å². The van der Waals surface area contributed by atoms with Gasteiger partial charge in [-0.1, -0.05) is 46.9 Å². The second-order valence-electron chi connectivity index (χ2n) is 7.32. The summed E-state index contributed by atoms with van der Waals surface area (Å²) in [7, 11) is 0. The lowest BCUT2D eigenvalue weighted by Gasteiger charge is -2.32. The van der Waals surface area contributed by atoms with Gasteiger partial charge in [-0.05, 0) is 49.2 Å². The summed E-state index contributed by atoms with van der Waals surface area (Å²) in [5.41, 5.74) is 1.42. The number of rotatable bonds is 8. The van der Waals surface area contributed by atoms with E-state index in [4.69, 9.17) is 34.8 Å². The molecule has 0 bridgehead atoms. The Kier molecular flexibility index (Phi) is 9.14. The monoisotopic (exact) mass is 488 g/mol. The average Bonchev–Trinajstić information content (AvgIpc) is 2.72. The molecule has 1 atom stereocenters. The standard InChI is InChI=1S/C22H24Cl3FN2OS/c23-18-7-2-8-21(26)16(18)13-28-10-3-4-15(12-28)22(29)27-9-11-30-14-17-19(24)5-1-6-20(17)25/h1-2,5-8,15H,3-4,9-14H2,(H,27,29). The van der Waals surface area contributed by atoms with Gasteiger partial charge in [0.05, 0.1) is 5.92 Å². The fourth-order valence-electron chi connectivity index (χ4n) is 3.56. The minimum absolute atomic E-state index is 0.0516. The van der Waals surface area contributed by atoms with Crippen LogP contribution in [0.25, 0.3) is 0 Å². The lowest BCUT2D eigenvalue weighted by molar-refractivity contribution is -0.126. The van der Waals surface area contributed by atoms with Crippen LogP contribution in [-0.4, -0.2) is 36.2 Å². The number of carbonyl (C=O) groups excluding carboxylic acids is 1. The SMILES string of the molecule is O=C(NCCSCc1c(Cl)cccc1Cl)C1CCCN(Cc2c(F)cccc2Cl)C1. The molecule has 3 nitrogen and oxygen atoms in total. The molecule has 1 heterocycles. The number of carbonyl (C=O) groups is 1. The van der Waals surface area contributed by atoms with Crippen molar-refractivity contribution < 1.29 is 9.18 Å². The van der Waals surface area contributed by atoms with Gasteiger partial charge < -0.3 is 5.32 Å². The first-order chi connectivity index (χ1) is 14.5. The van der Waals surface area contributed by atoms with Crippen LogP contribution in [0.3, 0.4) is 0 Å². The van der Waals surface area contributed by atoms with Gasteiger partial charge in [-0.3, -0.25) is 9.69 Å². The Bertz CT molecular complexity index is 843. The summed E-state index contributed by atoms with van der Waals surface area (Å²) in [5.74, 6) is 1.14. The maximum atomic E-state index is 14.1. The van der Waals surface area contributed by atoms with Gasteiger partial charge in [0.2, 0.25) is 5.91 Å².